The third-order valence-corrected chi connectivity index (χ3v) is 4.32. The van der Waals surface area contributed by atoms with Crippen molar-refractivity contribution in [1.29, 1.82) is 0 Å². The molecule has 1 aliphatic heterocycles. The molecular formula is C17H24N4O. The Kier molecular flexibility index (Phi) is 4.16. The number of aromatic nitrogens is 2. The van der Waals surface area contributed by atoms with Gasteiger partial charge >= 0.3 is 0 Å². The predicted octanol–water partition coefficient (Wildman–Crippen LogP) is 2.40. The molecule has 1 atom stereocenters. The van der Waals surface area contributed by atoms with Crippen molar-refractivity contribution in [2.24, 2.45) is 0 Å². The molecule has 1 aliphatic rings. The quantitative estimate of drug-likeness (QED) is 0.911. The lowest BCUT2D eigenvalue weighted by molar-refractivity contribution is -0.134. The Hall–Kier alpha value is -1.88. The fraction of sp³-hybridized carbons (Fsp3) is 0.529. The van der Waals surface area contributed by atoms with E-state index in [0.29, 0.717) is 12.5 Å². The highest BCUT2D eigenvalue weighted by molar-refractivity contribution is 5.82. The number of likely N-dealkylation sites (tertiary alicyclic amines) is 1. The fourth-order valence-corrected chi connectivity index (χ4v) is 2.92. The van der Waals surface area contributed by atoms with Crippen molar-refractivity contribution in [1.82, 2.24) is 20.2 Å². The Balaban J connectivity index is 1.70. The van der Waals surface area contributed by atoms with Crippen LogP contribution in [0.4, 0.5) is 0 Å². The lowest BCUT2D eigenvalue weighted by Crippen LogP contribution is -2.48. The number of nitrogens with one attached hydrogen (secondary N) is 2. The predicted molar refractivity (Wildman–Crippen MR) is 87.7 cm³/mol. The lowest BCUT2D eigenvalue weighted by Gasteiger charge is -2.29. The molecule has 2 aromatic rings. The molecule has 1 aromatic carbocycles. The summed E-state index contributed by atoms with van der Waals surface area (Å²) < 4.78 is 0. The molecule has 0 aliphatic carbocycles. The van der Waals surface area contributed by atoms with Crippen LogP contribution in [0.25, 0.3) is 11.0 Å². The van der Waals surface area contributed by atoms with Crippen LogP contribution in [0.1, 0.15) is 44.0 Å². The van der Waals surface area contributed by atoms with Gasteiger partial charge in [0.2, 0.25) is 5.91 Å². The molecule has 3 rings (SSSR count). The van der Waals surface area contributed by atoms with E-state index in [-0.39, 0.29) is 11.9 Å². The molecule has 5 nitrogen and oxygen atoms in total. The second-order valence-electron chi connectivity index (χ2n) is 6.46. The molecule has 2 N–H and O–H groups in total. The zero-order valence-electron chi connectivity index (χ0n) is 13.5. The maximum absolute atomic E-state index is 12.1. The molecule has 0 radical (unpaired) electrons. The van der Waals surface area contributed by atoms with Crippen molar-refractivity contribution in [3.8, 4) is 0 Å². The minimum absolute atomic E-state index is 0.0533. The number of hydrogen-bond donors (Lipinski definition) is 2. The number of piperidine rings is 1. The topological polar surface area (TPSA) is 61.0 Å². The standard InChI is InChI=1S/C17H24N4O/c1-11(2)16-19-13-7-6-12(9-15(13)20-16)10-18-14-5-4-8-21(3)17(14)22/h6-7,9,11,14,18H,4-5,8,10H2,1-3H3,(H,19,20). The zero-order chi connectivity index (χ0) is 15.7. The molecule has 1 aromatic heterocycles. The number of benzene rings is 1. The molecule has 0 saturated carbocycles. The van der Waals surface area contributed by atoms with Gasteiger partial charge in [0.25, 0.3) is 0 Å². The summed E-state index contributed by atoms with van der Waals surface area (Å²) in [5.41, 5.74) is 3.24. The summed E-state index contributed by atoms with van der Waals surface area (Å²) in [6.07, 6.45) is 1.99. The summed E-state index contributed by atoms with van der Waals surface area (Å²) in [5.74, 6) is 1.62. The summed E-state index contributed by atoms with van der Waals surface area (Å²) in [6.45, 7) is 5.84. The van der Waals surface area contributed by atoms with E-state index >= 15 is 0 Å². The molecule has 1 amide bonds. The number of aromatic amines is 1. The van der Waals surface area contributed by atoms with E-state index in [1.165, 1.54) is 5.56 Å². The molecule has 118 valence electrons. The van der Waals surface area contributed by atoms with Gasteiger partial charge in [-0.1, -0.05) is 19.9 Å². The highest BCUT2D eigenvalue weighted by atomic mass is 16.2. The van der Waals surface area contributed by atoms with E-state index in [9.17, 15) is 4.79 Å². The van der Waals surface area contributed by atoms with Gasteiger partial charge in [-0.3, -0.25) is 4.79 Å². The zero-order valence-corrected chi connectivity index (χ0v) is 13.5. The SMILES string of the molecule is CC(C)c1nc2ccc(CNC3CCCN(C)C3=O)cc2[nH]1. The molecule has 1 fully saturated rings. The third-order valence-electron chi connectivity index (χ3n) is 4.32. The maximum atomic E-state index is 12.1. The number of amides is 1. The van der Waals surface area contributed by atoms with Crippen molar-refractivity contribution in [3.05, 3.63) is 29.6 Å². The Morgan fingerprint density at radius 1 is 1.45 bits per heavy atom. The molecular weight excluding hydrogens is 276 g/mol. The summed E-state index contributed by atoms with van der Waals surface area (Å²) in [5, 5.41) is 3.39. The number of hydrogen-bond acceptors (Lipinski definition) is 3. The number of likely N-dealkylation sites (N-methyl/N-ethyl adjacent to an activating group) is 1. The molecule has 1 saturated heterocycles. The molecule has 2 heterocycles. The van der Waals surface area contributed by atoms with Crippen LogP contribution in [0.3, 0.4) is 0 Å². The van der Waals surface area contributed by atoms with Gasteiger partial charge < -0.3 is 15.2 Å². The minimum atomic E-state index is -0.0533. The molecule has 0 spiro atoms. The van der Waals surface area contributed by atoms with Gasteiger partial charge in [0.05, 0.1) is 17.1 Å². The average molecular weight is 300 g/mol. The van der Waals surface area contributed by atoms with Crippen molar-refractivity contribution < 1.29 is 4.79 Å². The Morgan fingerprint density at radius 3 is 3.05 bits per heavy atom. The van der Waals surface area contributed by atoms with Crippen LogP contribution in [0, 0.1) is 0 Å². The number of carbonyl (C=O) groups is 1. The van der Waals surface area contributed by atoms with Gasteiger partial charge in [-0.2, -0.15) is 0 Å². The summed E-state index contributed by atoms with van der Waals surface area (Å²) in [6, 6.07) is 6.20. The van der Waals surface area contributed by atoms with Gasteiger partial charge in [-0.25, -0.2) is 4.98 Å². The highest BCUT2D eigenvalue weighted by Gasteiger charge is 2.25. The van der Waals surface area contributed by atoms with E-state index < -0.39 is 0 Å². The van der Waals surface area contributed by atoms with Crippen LogP contribution in [0.5, 0.6) is 0 Å². The first-order valence-corrected chi connectivity index (χ1v) is 8.01. The van der Waals surface area contributed by atoms with E-state index in [0.717, 1.165) is 36.2 Å². The van der Waals surface area contributed by atoms with Crippen LogP contribution in [-0.2, 0) is 11.3 Å². The number of fused-ring (bicyclic) bond motifs is 1. The monoisotopic (exact) mass is 300 g/mol. The number of nitrogens with zero attached hydrogens (tertiary/aromatic N) is 2. The van der Waals surface area contributed by atoms with Crippen LogP contribution in [0.15, 0.2) is 18.2 Å². The molecule has 5 heteroatoms. The Bertz CT molecular complexity index is 676. The second-order valence-corrected chi connectivity index (χ2v) is 6.46. The largest absolute Gasteiger partial charge is 0.344 e. The number of imidazole rings is 1. The average Bonchev–Trinajstić information content (AvgIpc) is 2.92. The number of rotatable bonds is 4. The Labute approximate surface area is 131 Å². The van der Waals surface area contributed by atoms with E-state index in [1.54, 1.807) is 0 Å². The summed E-state index contributed by atoms with van der Waals surface area (Å²) >= 11 is 0. The van der Waals surface area contributed by atoms with Gasteiger partial charge in [-0.05, 0) is 30.5 Å². The van der Waals surface area contributed by atoms with Gasteiger partial charge in [-0.15, -0.1) is 0 Å². The summed E-state index contributed by atoms with van der Waals surface area (Å²) in [4.78, 5) is 21.9. The third kappa shape index (κ3) is 2.99. The minimum Gasteiger partial charge on any atom is -0.344 e. The molecule has 22 heavy (non-hydrogen) atoms. The highest BCUT2D eigenvalue weighted by Crippen LogP contribution is 2.18. The van der Waals surface area contributed by atoms with E-state index in [2.05, 4.69) is 41.3 Å². The number of carbonyl (C=O) groups excluding carboxylic acids is 1. The normalized spacial score (nSPS) is 19.4. The van der Waals surface area contributed by atoms with Crippen molar-refractivity contribution in [2.45, 2.75) is 45.2 Å². The van der Waals surface area contributed by atoms with Crippen LogP contribution < -0.4 is 5.32 Å². The van der Waals surface area contributed by atoms with Crippen LogP contribution in [0.2, 0.25) is 0 Å². The second kappa shape index (κ2) is 6.08. The van der Waals surface area contributed by atoms with E-state index in [1.807, 2.05) is 18.0 Å². The van der Waals surface area contributed by atoms with Crippen LogP contribution in [-0.4, -0.2) is 40.4 Å². The van der Waals surface area contributed by atoms with Crippen molar-refractivity contribution >= 4 is 16.9 Å². The maximum Gasteiger partial charge on any atom is 0.239 e. The first-order valence-electron chi connectivity index (χ1n) is 8.01. The fourth-order valence-electron chi connectivity index (χ4n) is 2.92. The van der Waals surface area contributed by atoms with Gasteiger partial charge in [0.1, 0.15) is 5.82 Å². The summed E-state index contributed by atoms with van der Waals surface area (Å²) in [7, 11) is 1.88. The van der Waals surface area contributed by atoms with Crippen molar-refractivity contribution in [3.63, 3.8) is 0 Å². The smallest absolute Gasteiger partial charge is 0.239 e. The Morgan fingerprint density at radius 2 is 2.27 bits per heavy atom. The van der Waals surface area contributed by atoms with Gasteiger partial charge in [0, 0.05) is 26.1 Å². The first kappa shape index (κ1) is 15.0. The first-order chi connectivity index (χ1) is 10.5. The van der Waals surface area contributed by atoms with E-state index in [4.69, 9.17) is 0 Å². The molecule has 0 bridgehead atoms. The lowest BCUT2D eigenvalue weighted by atomic mass is 10.0. The molecule has 1 unspecified atom stereocenters. The van der Waals surface area contributed by atoms with Crippen molar-refractivity contribution in [2.75, 3.05) is 13.6 Å². The number of H-pyrrole nitrogens is 1. The van der Waals surface area contributed by atoms with Crippen LogP contribution >= 0.6 is 0 Å². The van der Waals surface area contributed by atoms with Gasteiger partial charge in [0.15, 0.2) is 0 Å².